The van der Waals surface area contributed by atoms with Crippen molar-refractivity contribution in [1.82, 2.24) is 5.32 Å². The van der Waals surface area contributed by atoms with Gasteiger partial charge in [0.25, 0.3) is 0 Å². The molecule has 0 saturated heterocycles. The summed E-state index contributed by atoms with van der Waals surface area (Å²) in [7, 11) is 2.03. The predicted molar refractivity (Wildman–Crippen MR) is 75.9 cm³/mol. The van der Waals surface area contributed by atoms with Crippen LogP contribution in [0.25, 0.3) is 0 Å². The highest BCUT2D eigenvalue weighted by Gasteiger charge is 2.22. The fourth-order valence-electron chi connectivity index (χ4n) is 1.33. The summed E-state index contributed by atoms with van der Waals surface area (Å²) in [6.45, 7) is 9.66. The molecule has 1 N–H and O–H groups in total. The van der Waals surface area contributed by atoms with Crippen LogP contribution in [0.1, 0.15) is 47.0 Å². The lowest BCUT2D eigenvalue weighted by atomic mass is 9.95. The SMILES string of the molecule is CCC(C)(CCOC(C)(C)CCI)NC. The molecule has 3 heteroatoms. The summed E-state index contributed by atoms with van der Waals surface area (Å²) < 4.78 is 7.08. The van der Waals surface area contributed by atoms with Gasteiger partial charge in [0.1, 0.15) is 0 Å². The zero-order valence-electron chi connectivity index (χ0n) is 10.8. The molecule has 0 aliphatic rings. The van der Waals surface area contributed by atoms with Crippen LogP contribution >= 0.6 is 22.6 Å². The van der Waals surface area contributed by atoms with Crippen LogP contribution in [-0.2, 0) is 4.74 Å². The van der Waals surface area contributed by atoms with Crippen LogP contribution < -0.4 is 5.32 Å². The van der Waals surface area contributed by atoms with E-state index in [4.69, 9.17) is 4.74 Å². The largest absolute Gasteiger partial charge is 0.375 e. The van der Waals surface area contributed by atoms with Gasteiger partial charge in [-0.05, 0) is 47.1 Å². The number of hydrogen-bond donors (Lipinski definition) is 1. The molecule has 0 rings (SSSR count). The molecule has 0 spiro atoms. The Labute approximate surface area is 109 Å². The molecule has 0 fully saturated rings. The van der Waals surface area contributed by atoms with E-state index >= 15 is 0 Å². The maximum absolute atomic E-state index is 5.92. The van der Waals surface area contributed by atoms with E-state index < -0.39 is 0 Å². The van der Waals surface area contributed by atoms with Crippen LogP contribution in [0.2, 0.25) is 0 Å². The summed E-state index contributed by atoms with van der Waals surface area (Å²) in [6, 6.07) is 0. The number of rotatable bonds is 8. The monoisotopic (exact) mass is 327 g/mol. The molecular formula is C12H26INO. The molecule has 0 heterocycles. The van der Waals surface area contributed by atoms with Gasteiger partial charge in [-0.3, -0.25) is 0 Å². The maximum Gasteiger partial charge on any atom is 0.0633 e. The van der Waals surface area contributed by atoms with E-state index in [1.807, 2.05) is 7.05 Å². The fourth-order valence-corrected chi connectivity index (χ4v) is 2.63. The zero-order valence-corrected chi connectivity index (χ0v) is 13.0. The average Bonchev–Trinajstić information content (AvgIpc) is 2.17. The van der Waals surface area contributed by atoms with E-state index in [9.17, 15) is 0 Å². The van der Waals surface area contributed by atoms with Crippen molar-refractivity contribution in [2.24, 2.45) is 0 Å². The van der Waals surface area contributed by atoms with Gasteiger partial charge in [0.05, 0.1) is 5.60 Å². The van der Waals surface area contributed by atoms with Crippen molar-refractivity contribution in [2.45, 2.75) is 58.1 Å². The molecule has 0 amide bonds. The highest BCUT2D eigenvalue weighted by Crippen LogP contribution is 2.19. The highest BCUT2D eigenvalue weighted by atomic mass is 127. The minimum atomic E-state index is 0.0313. The van der Waals surface area contributed by atoms with Crippen LogP contribution in [0.5, 0.6) is 0 Å². The minimum Gasteiger partial charge on any atom is -0.375 e. The topological polar surface area (TPSA) is 21.3 Å². The molecule has 0 bridgehead atoms. The van der Waals surface area contributed by atoms with Gasteiger partial charge in [0.15, 0.2) is 0 Å². The van der Waals surface area contributed by atoms with Crippen molar-refractivity contribution in [3.63, 3.8) is 0 Å². The molecule has 1 atom stereocenters. The lowest BCUT2D eigenvalue weighted by Gasteiger charge is -2.31. The summed E-state index contributed by atoms with van der Waals surface area (Å²) in [5, 5.41) is 3.36. The fraction of sp³-hybridized carbons (Fsp3) is 1.00. The molecule has 0 saturated carbocycles. The molecule has 0 aliphatic carbocycles. The zero-order chi connectivity index (χ0) is 11.9. The molecule has 92 valence electrons. The average molecular weight is 327 g/mol. The minimum absolute atomic E-state index is 0.0313. The summed E-state index contributed by atoms with van der Waals surface area (Å²) in [5.41, 5.74) is 0.254. The van der Waals surface area contributed by atoms with Crippen LogP contribution in [-0.4, -0.2) is 29.2 Å². The number of ether oxygens (including phenoxy) is 1. The number of halogens is 1. The molecule has 0 aromatic carbocycles. The van der Waals surface area contributed by atoms with Crippen LogP contribution in [0.15, 0.2) is 0 Å². The third kappa shape index (κ3) is 6.74. The van der Waals surface area contributed by atoms with Gasteiger partial charge >= 0.3 is 0 Å². The Kier molecular flexibility index (Phi) is 7.38. The predicted octanol–water partition coefficient (Wildman–Crippen LogP) is 3.38. The van der Waals surface area contributed by atoms with Gasteiger partial charge in [0.2, 0.25) is 0 Å². The van der Waals surface area contributed by atoms with E-state index in [1.165, 1.54) is 0 Å². The smallest absolute Gasteiger partial charge is 0.0633 e. The quantitative estimate of drug-likeness (QED) is 0.545. The maximum atomic E-state index is 5.92. The van der Waals surface area contributed by atoms with Gasteiger partial charge < -0.3 is 10.1 Å². The Morgan fingerprint density at radius 3 is 2.20 bits per heavy atom. The summed E-state index contributed by atoms with van der Waals surface area (Å²) in [6.07, 6.45) is 3.33. The van der Waals surface area contributed by atoms with Gasteiger partial charge in [0, 0.05) is 16.6 Å². The Balaban J connectivity index is 3.87. The van der Waals surface area contributed by atoms with E-state index in [0.29, 0.717) is 0 Å². The first kappa shape index (κ1) is 15.7. The Hall–Kier alpha value is 0.650. The van der Waals surface area contributed by atoms with Crippen molar-refractivity contribution in [2.75, 3.05) is 18.1 Å². The van der Waals surface area contributed by atoms with Crippen molar-refractivity contribution in [1.29, 1.82) is 0 Å². The summed E-state index contributed by atoms with van der Waals surface area (Å²) >= 11 is 2.40. The van der Waals surface area contributed by atoms with E-state index in [0.717, 1.165) is 30.3 Å². The van der Waals surface area contributed by atoms with E-state index in [1.54, 1.807) is 0 Å². The van der Waals surface area contributed by atoms with Crippen LogP contribution in [0, 0.1) is 0 Å². The second-order valence-electron chi connectivity index (χ2n) is 4.96. The van der Waals surface area contributed by atoms with Crippen LogP contribution in [0.4, 0.5) is 0 Å². The van der Waals surface area contributed by atoms with Gasteiger partial charge in [-0.1, -0.05) is 29.5 Å². The molecule has 0 radical (unpaired) electrons. The van der Waals surface area contributed by atoms with Gasteiger partial charge in [-0.2, -0.15) is 0 Å². The first-order chi connectivity index (χ1) is 6.89. The Bertz CT molecular complexity index is 167. The van der Waals surface area contributed by atoms with E-state index in [-0.39, 0.29) is 11.1 Å². The first-order valence-electron chi connectivity index (χ1n) is 5.78. The molecule has 0 aliphatic heterocycles. The van der Waals surface area contributed by atoms with Gasteiger partial charge in [-0.15, -0.1) is 0 Å². The third-order valence-electron chi connectivity index (χ3n) is 3.23. The summed E-state index contributed by atoms with van der Waals surface area (Å²) in [5.74, 6) is 0. The lowest BCUT2D eigenvalue weighted by molar-refractivity contribution is -0.0271. The lowest BCUT2D eigenvalue weighted by Crippen LogP contribution is -2.41. The molecule has 2 nitrogen and oxygen atoms in total. The number of alkyl halides is 1. The van der Waals surface area contributed by atoms with E-state index in [2.05, 4.69) is 55.6 Å². The first-order valence-corrected chi connectivity index (χ1v) is 7.30. The highest BCUT2D eigenvalue weighted by molar-refractivity contribution is 14.1. The molecule has 1 unspecified atom stereocenters. The van der Waals surface area contributed by atoms with Crippen LogP contribution in [0.3, 0.4) is 0 Å². The second-order valence-corrected chi connectivity index (χ2v) is 6.04. The Morgan fingerprint density at radius 2 is 1.80 bits per heavy atom. The number of nitrogens with one attached hydrogen (secondary N) is 1. The van der Waals surface area contributed by atoms with Crippen molar-refractivity contribution in [3.05, 3.63) is 0 Å². The molecule has 15 heavy (non-hydrogen) atoms. The van der Waals surface area contributed by atoms with Crippen molar-refractivity contribution >= 4 is 22.6 Å². The normalized spacial score (nSPS) is 16.4. The molecular weight excluding hydrogens is 301 g/mol. The summed E-state index contributed by atoms with van der Waals surface area (Å²) in [4.78, 5) is 0. The second kappa shape index (κ2) is 7.07. The van der Waals surface area contributed by atoms with Crippen molar-refractivity contribution < 1.29 is 4.74 Å². The van der Waals surface area contributed by atoms with Crippen molar-refractivity contribution in [3.8, 4) is 0 Å². The number of hydrogen-bond acceptors (Lipinski definition) is 2. The van der Waals surface area contributed by atoms with Gasteiger partial charge in [-0.25, -0.2) is 0 Å². The molecule has 0 aromatic heterocycles. The molecule has 0 aromatic rings. The third-order valence-corrected chi connectivity index (χ3v) is 3.77. The Morgan fingerprint density at radius 1 is 1.20 bits per heavy atom. The standard InChI is InChI=1S/C12H26INO/c1-6-12(4,14-5)8-10-15-11(2,3)7-9-13/h14H,6-10H2,1-5H3.